The van der Waals surface area contributed by atoms with Crippen molar-refractivity contribution in [3.05, 3.63) is 76.8 Å². The van der Waals surface area contributed by atoms with Crippen LogP contribution in [0.15, 0.2) is 54.7 Å². The molecular weight excluding hydrogens is 388 g/mol. The molecule has 0 aliphatic heterocycles. The summed E-state index contributed by atoms with van der Waals surface area (Å²) < 4.78 is 54.2. The van der Waals surface area contributed by atoms with E-state index in [2.05, 4.69) is 16.0 Å². The van der Waals surface area contributed by atoms with E-state index in [4.69, 9.17) is 11.6 Å². The van der Waals surface area contributed by atoms with Crippen LogP contribution in [-0.4, -0.2) is 15.7 Å². The number of aromatic nitrogens is 2. The van der Waals surface area contributed by atoms with Gasteiger partial charge in [0.1, 0.15) is 5.82 Å². The van der Waals surface area contributed by atoms with Gasteiger partial charge in [-0.2, -0.15) is 18.3 Å². The molecule has 2 N–H and O–H groups in total. The average Bonchev–Trinajstić information content (AvgIpc) is 3.06. The minimum absolute atomic E-state index is 0.0365. The highest BCUT2D eigenvalue weighted by Crippen LogP contribution is 2.33. The van der Waals surface area contributed by atoms with Crippen molar-refractivity contribution in [3.8, 4) is 5.69 Å². The van der Waals surface area contributed by atoms with Gasteiger partial charge >= 0.3 is 6.18 Å². The van der Waals surface area contributed by atoms with Crippen LogP contribution < -0.4 is 10.9 Å². The Bertz CT molecular complexity index is 970. The zero-order chi connectivity index (χ0) is 19.6. The molecule has 1 amide bonds. The quantitative estimate of drug-likeness (QED) is 0.504. The summed E-state index contributed by atoms with van der Waals surface area (Å²) in [6, 6.07) is 10.5. The largest absolute Gasteiger partial charge is 0.434 e. The number of nitrogens with one attached hydrogen (secondary N) is 2. The summed E-state index contributed by atoms with van der Waals surface area (Å²) in [4.78, 5) is 12.2. The smallest absolute Gasteiger partial charge is 0.298 e. The Labute approximate surface area is 155 Å². The Morgan fingerprint density at radius 3 is 2.44 bits per heavy atom. The monoisotopic (exact) mass is 398 g/mol. The molecule has 3 rings (SSSR count). The molecule has 140 valence electrons. The third-order valence-corrected chi connectivity index (χ3v) is 3.73. The van der Waals surface area contributed by atoms with Crippen molar-refractivity contribution in [2.24, 2.45) is 0 Å². The summed E-state index contributed by atoms with van der Waals surface area (Å²) in [6.07, 6.45) is -4.07. The van der Waals surface area contributed by atoms with Gasteiger partial charge in [-0.1, -0.05) is 17.7 Å². The summed E-state index contributed by atoms with van der Waals surface area (Å²) >= 11 is 5.80. The maximum atomic E-state index is 13.5. The fourth-order valence-corrected chi connectivity index (χ4v) is 2.52. The molecule has 0 aliphatic carbocycles. The second kappa shape index (κ2) is 7.28. The second-order valence-corrected chi connectivity index (χ2v) is 5.82. The lowest BCUT2D eigenvalue weighted by Crippen LogP contribution is -2.31. The topological polar surface area (TPSA) is 59.0 Å². The van der Waals surface area contributed by atoms with Gasteiger partial charge in [0.05, 0.1) is 23.1 Å². The minimum atomic E-state index is -4.87. The molecule has 0 aliphatic rings. The van der Waals surface area contributed by atoms with Crippen molar-refractivity contribution in [1.29, 1.82) is 0 Å². The van der Waals surface area contributed by atoms with Crippen LogP contribution in [0.4, 0.5) is 23.2 Å². The first-order chi connectivity index (χ1) is 12.8. The van der Waals surface area contributed by atoms with Crippen LogP contribution in [0.3, 0.4) is 0 Å². The lowest BCUT2D eigenvalue weighted by Gasteiger charge is -2.13. The lowest BCUT2D eigenvalue weighted by atomic mass is 10.2. The number of carbonyl (C=O) groups is 1. The maximum absolute atomic E-state index is 13.5. The third-order valence-electron chi connectivity index (χ3n) is 3.50. The number of hydrogen-bond donors (Lipinski definition) is 2. The fourth-order valence-electron chi connectivity index (χ4n) is 2.33. The van der Waals surface area contributed by atoms with Crippen LogP contribution in [0.2, 0.25) is 5.02 Å². The summed E-state index contributed by atoms with van der Waals surface area (Å²) in [5.41, 5.74) is 3.03. The number of rotatable bonds is 4. The van der Waals surface area contributed by atoms with Gasteiger partial charge in [0.2, 0.25) is 0 Å². The first kappa shape index (κ1) is 18.7. The maximum Gasteiger partial charge on any atom is 0.434 e. The second-order valence-electron chi connectivity index (χ2n) is 5.38. The van der Waals surface area contributed by atoms with Gasteiger partial charge in [0.15, 0.2) is 5.69 Å². The molecule has 10 heteroatoms. The number of alkyl halides is 3. The molecule has 27 heavy (non-hydrogen) atoms. The zero-order valence-electron chi connectivity index (χ0n) is 13.4. The number of carbonyl (C=O) groups excluding carboxylic acids is 1. The summed E-state index contributed by atoms with van der Waals surface area (Å²) in [5, 5.41) is 4.02. The molecular formula is C17H11ClF4N4O. The molecule has 2 aromatic carbocycles. The number of hydrazine groups is 1. The average molecular weight is 399 g/mol. The predicted molar refractivity (Wildman–Crippen MR) is 91.1 cm³/mol. The van der Waals surface area contributed by atoms with Gasteiger partial charge < -0.3 is 0 Å². The van der Waals surface area contributed by atoms with Crippen molar-refractivity contribution in [2.75, 3.05) is 5.43 Å². The standard InChI is InChI=1S/C17H11ClF4N4O/c18-10-2-1-3-12(8-10)24-25-16(27)14-9-23-26(15(14)17(20,21)22)13-6-4-11(19)5-7-13/h1-9,24H,(H,25,27). The number of hydrogen-bond acceptors (Lipinski definition) is 3. The molecule has 0 spiro atoms. The van der Waals surface area contributed by atoms with E-state index in [0.29, 0.717) is 15.4 Å². The first-order valence-corrected chi connectivity index (χ1v) is 7.86. The molecule has 0 unspecified atom stereocenters. The summed E-state index contributed by atoms with van der Waals surface area (Å²) in [5.74, 6) is -1.65. The van der Waals surface area contributed by atoms with Crippen LogP contribution in [-0.2, 0) is 6.18 Å². The van der Waals surface area contributed by atoms with E-state index in [9.17, 15) is 22.4 Å². The lowest BCUT2D eigenvalue weighted by molar-refractivity contribution is -0.143. The van der Waals surface area contributed by atoms with Crippen molar-refractivity contribution in [1.82, 2.24) is 15.2 Å². The van der Waals surface area contributed by atoms with E-state index in [1.807, 2.05) is 0 Å². The Kier molecular flexibility index (Phi) is 5.04. The molecule has 0 atom stereocenters. The SMILES string of the molecule is O=C(NNc1cccc(Cl)c1)c1cnn(-c2ccc(F)cc2)c1C(F)(F)F. The molecule has 0 bridgehead atoms. The highest BCUT2D eigenvalue weighted by atomic mass is 35.5. The summed E-state index contributed by atoms with van der Waals surface area (Å²) in [6.45, 7) is 0. The van der Waals surface area contributed by atoms with E-state index in [1.54, 1.807) is 18.2 Å². The van der Waals surface area contributed by atoms with E-state index in [0.717, 1.165) is 30.5 Å². The van der Waals surface area contributed by atoms with Gasteiger partial charge in [-0.15, -0.1) is 0 Å². The van der Waals surface area contributed by atoms with Crippen LogP contribution in [0.5, 0.6) is 0 Å². The van der Waals surface area contributed by atoms with Gasteiger partial charge in [-0.05, 0) is 42.5 Å². The Balaban J connectivity index is 1.90. The number of nitrogens with zero attached hydrogens (tertiary/aromatic N) is 2. The molecule has 1 aromatic heterocycles. The number of halogens is 5. The molecule has 1 heterocycles. The first-order valence-electron chi connectivity index (χ1n) is 7.49. The minimum Gasteiger partial charge on any atom is -0.298 e. The van der Waals surface area contributed by atoms with Crippen LogP contribution >= 0.6 is 11.6 Å². The van der Waals surface area contributed by atoms with Crippen LogP contribution in [0.1, 0.15) is 16.1 Å². The van der Waals surface area contributed by atoms with Crippen molar-refractivity contribution < 1.29 is 22.4 Å². The third kappa shape index (κ3) is 4.20. The zero-order valence-corrected chi connectivity index (χ0v) is 14.1. The Hall–Kier alpha value is -3.07. The van der Waals surface area contributed by atoms with E-state index in [-0.39, 0.29) is 5.69 Å². The molecule has 0 radical (unpaired) electrons. The molecule has 0 saturated heterocycles. The summed E-state index contributed by atoms with van der Waals surface area (Å²) in [7, 11) is 0. The normalized spacial score (nSPS) is 11.3. The Morgan fingerprint density at radius 2 is 1.81 bits per heavy atom. The van der Waals surface area contributed by atoms with Crippen molar-refractivity contribution in [2.45, 2.75) is 6.18 Å². The van der Waals surface area contributed by atoms with Gasteiger partial charge in [-0.25, -0.2) is 9.07 Å². The van der Waals surface area contributed by atoms with Crippen LogP contribution in [0, 0.1) is 5.82 Å². The van der Waals surface area contributed by atoms with Crippen LogP contribution in [0.25, 0.3) is 5.69 Å². The Morgan fingerprint density at radius 1 is 1.11 bits per heavy atom. The highest BCUT2D eigenvalue weighted by Gasteiger charge is 2.40. The van der Waals surface area contributed by atoms with Crippen molar-refractivity contribution in [3.63, 3.8) is 0 Å². The van der Waals surface area contributed by atoms with E-state index >= 15 is 0 Å². The van der Waals surface area contributed by atoms with E-state index < -0.39 is 29.2 Å². The fraction of sp³-hybridized carbons (Fsp3) is 0.0588. The van der Waals surface area contributed by atoms with E-state index in [1.165, 1.54) is 6.07 Å². The van der Waals surface area contributed by atoms with Gasteiger partial charge in [-0.3, -0.25) is 15.6 Å². The number of anilines is 1. The van der Waals surface area contributed by atoms with Gasteiger partial charge in [0, 0.05) is 5.02 Å². The molecule has 0 fully saturated rings. The predicted octanol–water partition coefficient (Wildman–Crippen LogP) is 4.44. The highest BCUT2D eigenvalue weighted by molar-refractivity contribution is 6.30. The molecule has 3 aromatic rings. The van der Waals surface area contributed by atoms with Gasteiger partial charge in [0.25, 0.3) is 5.91 Å². The number of amides is 1. The molecule has 5 nitrogen and oxygen atoms in total. The molecule has 0 saturated carbocycles. The number of benzene rings is 2. The van der Waals surface area contributed by atoms with Crippen molar-refractivity contribution >= 4 is 23.2 Å².